The van der Waals surface area contributed by atoms with Crippen molar-refractivity contribution in [1.82, 2.24) is 14.7 Å². The fourth-order valence-electron chi connectivity index (χ4n) is 1.45. The molecule has 0 saturated carbocycles. The van der Waals surface area contributed by atoms with Gasteiger partial charge in [0.05, 0.1) is 0 Å². The zero-order chi connectivity index (χ0) is 10.0. The van der Waals surface area contributed by atoms with Crippen molar-refractivity contribution in [3.63, 3.8) is 0 Å². The minimum absolute atomic E-state index is 0.214. The maximum Gasteiger partial charge on any atom is 0.125 e. The summed E-state index contributed by atoms with van der Waals surface area (Å²) >= 11 is 0. The molecule has 4 nitrogen and oxygen atoms in total. The Bertz CT molecular complexity index is 145. The number of hydrogen-bond donors (Lipinski definition) is 0. The van der Waals surface area contributed by atoms with E-state index in [2.05, 4.69) is 49.9 Å². The van der Waals surface area contributed by atoms with Crippen molar-refractivity contribution >= 4 is 0 Å². The maximum absolute atomic E-state index is 5.89. The van der Waals surface area contributed by atoms with Gasteiger partial charge in [-0.05, 0) is 35.2 Å². The van der Waals surface area contributed by atoms with E-state index in [1.54, 1.807) is 0 Å². The van der Waals surface area contributed by atoms with Gasteiger partial charge >= 0.3 is 0 Å². The minimum atomic E-state index is 0.214. The molecule has 0 radical (unpaired) electrons. The number of ether oxygens (including phenoxy) is 1. The van der Waals surface area contributed by atoms with E-state index in [1.807, 2.05) is 0 Å². The van der Waals surface area contributed by atoms with E-state index in [1.165, 1.54) is 0 Å². The van der Waals surface area contributed by atoms with Crippen LogP contribution in [0, 0.1) is 0 Å². The summed E-state index contributed by atoms with van der Waals surface area (Å²) < 4.78 is 5.89. The number of rotatable bonds is 2. The van der Waals surface area contributed by atoms with Crippen molar-refractivity contribution in [2.45, 2.75) is 12.5 Å². The smallest absolute Gasteiger partial charge is 0.125 e. The summed E-state index contributed by atoms with van der Waals surface area (Å²) in [5, 5.41) is 0. The second-order valence-corrected chi connectivity index (χ2v) is 4.19. The molecule has 0 aromatic heterocycles. The van der Waals surface area contributed by atoms with Crippen LogP contribution in [0.5, 0.6) is 0 Å². The van der Waals surface area contributed by atoms with Gasteiger partial charge in [-0.3, -0.25) is 14.7 Å². The third kappa shape index (κ3) is 2.91. The van der Waals surface area contributed by atoms with Crippen molar-refractivity contribution < 1.29 is 4.74 Å². The van der Waals surface area contributed by atoms with Crippen LogP contribution in [0.15, 0.2) is 0 Å². The third-order valence-corrected chi connectivity index (χ3v) is 2.40. The number of morpholine rings is 1. The molecule has 1 rings (SSSR count). The molecular formula is C9H21N3O. The zero-order valence-corrected chi connectivity index (χ0v) is 9.32. The summed E-state index contributed by atoms with van der Waals surface area (Å²) in [6.07, 6.45) is 0.428. The Morgan fingerprint density at radius 1 is 1.00 bits per heavy atom. The molecule has 78 valence electrons. The lowest BCUT2D eigenvalue weighted by Crippen LogP contribution is -2.55. The molecule has 1 saturated heterocycles. The molecule has 1 heterocycles. The zero-order valence-electron chi connectivity index (χ0n) is 9.32. The van der Waals surface area contributed by atoms with Gasteiger partial charge in [0.15, 0.2) is 0 Å². The van der Waals surface area contributed by atoms with Gasteiger partial charge in [0, 0.05) is 13.1 Å². The summed E-state index contributed by atoms with van der Waals surface area (Å²) in [7, 11) is 10.3. The van der Waals surface area contributed by atoms with Crippen LogP contribution in [-0.4, -0.2) is 75.5 Å². The van der Waals surface area contributed by atoms with E-state index in [-0.39, 0.29) is 12.5 Å². The largest absolute Gasteiger partial charge is 0.342 e. The Kier molecular flexibility index (Phi) is 3.67. The van der Waals surface area contributed by atoms with E-state index < -0.39 is 0 Å². The predicted octanol–water partition coefficient (Wildman–Crippen LogP) is -0.276. The Labute approximate surface area is 81.0 Å². The van der Waals surface area contributed by atoms with Gasteiger partial charge in [-0.2, -0.15) is 0 Å². The van der Waals surface area contributed by atoms with Gasteiger partial charge in [0.2, 0.25) is 0 Å². The van der Waals surface area contributed by atoms with Crippen molar-refractivity contribution in [2.24, 2.45) is 0 Å². The molecule has 1 fully saturated rings. The average molecular weight is 187 g/mol. The van der Waals surface area contributed by atoms with Gasteiger partial charge in [-0.15, -0.1) is 0 Å². The van der Waals surface area contributed by atoms with Gasteiger partial charge in [0.1, 0.15) is 12.5 Å². The lowest BCUT2D eigenvalue weighted by atomic mass is 10.3. The first-order valence-corrected chi connectivity index (χ1v) is 4.67. The molecule has 0 N–H and O–H groups in total. The summed E-state index contributed by atoms with van der Waals surface area (Å²) in [5.74, 6) is 0. The fraction of sp³-hybridized carbons (Fsp3) is 1.00. The van der Waals surface area contributed by atoms with Gasteiger partial charge in [-0.25, -0.2) is 0 Å². The monoisotopic (exact) mass is 187 g/mol. The normalized spacial score (nSPS) is 31.6. The third-order valence-electron chi connectivity index (χ3n) is 2.40. The van der Waals surface area contributed by atoms with E-state index >= 15 is 0 Å². The van der Waals surface area contributed by atoms with Crippen molar-refractivity contribution in [1.29, 1.82) is 0 Å². The van der Waals surface area contributed by atoms with Crippen LogP contribution >= 0.6 is 0 Å². The summed E-state index contributed by atoms with van der Waals surface area (Å²) in [6, 6.07) is 0. The second kappa shape index (κ2) is 4.37. The maximum atomic E-state index is 5.89. The topological polar surface area (TPSA) is 19.0 Å². The predicted molar refractivity (Wildman–Crippen MR) is 53.5 cm³/mol. The van der Waals surface area contributed by atoms with Gasteiger partial charge in [-0.1, -0.05) is 0 Å². The van der Waals surface area contributed by atoms with Crippen LogP contribution in [0.3, 0.4) is 0 Å². The highest BCUT2D eigenvalue weighted by Crippen LogP contribution is 2.12. The quantitative estimate of drug-likeness (QED) is 0.592. The Morgan fingerprint density at radius 2 is 1.38 bits per heavy atom. The van der Waals surface area contributed by atoms with Crippen LogP contribution in [0.1, 0.15) is 0 Å². The highest BCUT2D eigenvalue weighted by Gasteiger charge is 2.27. The van der Waals surface area contributed by atoms with Gasteiger partial charge in [0.25, 0.3) is 0 Å². The lowest BCUT2D eigenvalue weighted by molar-refractivity contribution is -0.177. The first-order valence-electron chi connectivity index (χ1n) is 4.67. The molecule has 0 aliphatic carbocycles. The SMILES string of the molecule is CN1CC(N(C)C)OC(N(C)C)C1. The van der Waals surface area contributed by atoms with E-state index in [0.29, 0.717) is 0 Å². The van der Waals surface area contributed by atoms with Crippen molar-refractivity contribution in [3.8, 4) is 0 Å². The Hall–Kier alpha value is -0.160. The average Bonchev–Trinajstić information content (AvgIpc) is 2.03. The van der Waals surface area contributed by atoms with Crippen LogP contribution in [0.25, 0.3) is 0 Å². The number of nitrogens with zero attached hydrogens (tertiary/aromatic N) is 3. The van der Waals surface area contributed by atoms with Crippen molar-refractivity contribution in [3.05, 3.63) is 0 Å². The standard InChI is InChI=1S/C9H21N3O/c1-10(2)8-6-12(5)7-9(13-8)11(3)4/h8-9H,6-7H2,1-5H3. The fourth-order valence-corrected chi connectivity index (χ4v) is 1.45. The summed E-state index contributed by atoms with van der Waals surface area (Å²) in [5.41, 5.74) is 0. The minimum Gasteiger partial charge on any atom is -0.342 e. The van der Waals surface area contributed by atoms with E-state index in [9.17, 15) is 0 Å². The molecule has 0 bridgehead atoms. The van der Waals surface area contributed by atoms with E-state index in [4.69, 9.17) is 4.74 Å². The first kappa shape index (κ1) is 10.9. The molecule has 0 aromatic rings. The Morgan fingerprint density at radius 3 is 1.69 bits per heavy atom. The molecule has 0 amide bonds. The molecule has 1 aliphatic heterocycles. The molecular weight excluding hydrogens is 166 g/mol. The molecule has 0 spiro atoms. The molecule has 13 heavy (non-hydrogen) atoms. The highest BCUT2D eigenvalue weighted by molar-refractivity contribution is 4.72. The van der Waals surface area contributed by atoms with Crippen LogP contribution in [0.2, 0.25) is 0 Å². The van der Waals surface area contributed by atoms with Gasteiger partial charge < -0.3 is 4.74 Å². The summed E-state index contributed by atoms with van der Waals surface area (Å²) in [6.45, 7) is 1.97. The van der Waals surface area contributed by atoms with E-state index in [0.717, 1.165) is 13.1 Å². The highest BCUT2D eigenvalue weighted by atomic mass is 16.5. The molecule has 0 aromatic carbocycles. The van der Waals surface area contributed by atoms with Crippen LogP contribution < -0.4 is 0 Å². The number of hydrogen-bond acceptors (Lipinski definition) is 4. The first-order chi connectivity index (χ1) is 6.00. The van der Waals surface area contributed by atoms with Crippen LogP contribution in [-0.2, 0) is 4.74 Å². The van der Waals surface area contributed by atoms with Crippen molar-refractivity contribution in [2.75, 3.05) is 48.3 Å². The Balaban J connectivity index is 2.52. The molecule has 4 heteroatoms. The molecule has 2 atom stereocenters. The lowest BCUT2D eigenvalue weighted by Gasteiger charge is -2.41. The summed E-state index contributed by atoms with van der Waals surface area (Å²) in [4.78, 5) is 6.54. The number of likely N-dealkylation sites (N-methyl/N-ethyl adjacent to an activating group) is 3. The molecule has 2 unspecified atom stereocenters. The second-order valence-electron chi connectivity index (χ2n) is 4.19. The molecule has 1 aliphatic rings. The van der Waals surface area contributed by atoms with Crippen LogP contribution in [0.4, 0.5) is 0 Å².